The number of hydrogen-bond donors (Lipinski definition) is 1. The van der Waals surface area contributed by atoms with Crippen molar-refractivity contribution in [3.05, 3.63) is 23.8 Å². The van der Waals surface area contributed by atoms with Crippen molar-refractivity contribution in [2.45, 2.75) is 24.2 Å². The minimum atomic E-state index is -3.36. The van der Waals surface area contributed by atoms with Crippen LogP contribution in [-0.4, -0.2) is 53.0 Å². The smallest absolute Gasteiger partial charge is 0.242 e. The van der Waals surface area contributed by atoms with Crippen LogP contribution in [0.3, 0.4) is 0 Å². The van der Waals surface area contributed by atoms with Crippen LogP contribution in [0.2, 0.25) is 0 Å². The minimum Gasteiger partial charge on any atom is -0.371 e. The molecule has 0 bridgehead atoms. The first-order chi connectivity index (χ1) is 10.5. The molecule has 23 heavy (non-hydrogen) atoms. The molecule has 3 rings (SSSR count). The van der Waals surface area contributed by atoms with Crippen molar-refractivity contribution in [1.29, 1.82) is 0 Å². The summed E-state index contributed by atoms with van der Waals surface area (Å²) in [6.45, 7) is 4.24. The van der Waals surface area contributed by atoms with E-state index in [0.717, 1.165) is 38.3 Å². The average molecular weight is 360 g/mol. The molecule has 1 N–H and O–H groups in total. The van der Waals surface area contributed by atoms with Crippen LogP contribution in [0, 0.1) is 5.92 Å². The van der Waals surface area contributed by atoms with Crippen molar-refractivity contribution < 1.29 is 8.42 Å². The van der Waals surface area contributed by atoms with Crippen LogP contribution in [0.1, 0.15) is 18.4 Å². The lowest BCUT2D eigenvalue weighted by molar-refractivity contribution is 0.375. The van der Waals surface area contributed by atoms with Gasteiger partial charge in [-0.25, -0.2) is 12.7 Å². The number of nitrogens with zero attached hydrogens (tertiary/aromatic N) is 2. The molecular formula is C16H26ClN3O2S. The first-order valence-corrected chi connectivity index (χ1v) is 9.43. The standard InChI is InChI=1S/C16H25N3O2S.ClH/c1-18(2)22(20,21)15-4-3-14-7-10-19(16(14)11-15)12-13-5-8-17-9-6-13;/h3-4,11,13,17H,5-10,12H2,1-2H3;1H. The van der Waals surface area contributed by atoms with Crippen molar-refractivity contribution in [3.8, 4) is 0 Å². The molecule has 1 aromatic carbocycles. The maximum absolute atomic E-state index is 12.3. The van der Waals surface area contributed by atoms with Crippen LogP contribution in [-0.2, 0) is 16.4 Å². The highest BCUT2D eigenvalue weighted by atomic mass is 35.5. The zero-order valence-corrected chi connectivity index (χ0v) is 15.4. The molecule has 0 saturated carbocycles. The highest BCUT2D eigenvalue weighted by Gasteiger charge is 2.26. The second-order valence-electron chi connectivity index (χ2n) is 6.47. The number of nitrogens with one attached hydrogen (secondary N) is 1. The Balaban J connectivity index is 0.00000192. The van der Waals surface area contributed by atoms with Gasteiger partial charge in [-0.3, -0.25) is 0 Å². The summed E-state index contributed by atoms with van der Waals surface area (Å²) in [5, 5.41) is 3.40. The molecule has 130 valence electrons. The van der Waals surface area contributed by atoms with Gasteiger partial charge in [0.25, 0.3) is 0 Å². The highest BCUT2D eigenvalue weighted by Crippen LogP contribution is 2.32. The van der Waals surface area contributed by atoms with E-state index >= 15 is 0 Å². The van der Waals surface area contributed by atoms with Gasteiger partial charge in [-0.15, -0.1) is 12.4 Å². The van der Waals surface area contributed by atoms with E-state index in [-0.39, 0.29) is 12.4 Å². The fourth-order valence-corrected chi connectivity index (χ4v) is 4.28. The molecule has 0 aliphatic carbocycles. The maximum Gasteiger partial charge on any atom is 0.242 e. The van der Waals surface area contributed by atoms with E-state index in [1.54, 1.807) is 20.2 Å². The van der Waals surface area contributed by atoms with Crippen molar-refractivity contribution in [2.24, 2.45) is 5.92 Å². The lowest BCUT2D eigenvalue weighted by Crippen LogP contribution is -2.35. The number of piperidine rings is 1. The van der Waals surface area contributed by atoms with Crippen LogP contribution in [0.15, 0.2) is 23.1 Å². The normalized spacial score (nSPS) is 18.8. The monoisotopic (exact) mass is 359 g/mol. The van der Waals surface area contributed by atoms with Gasteiger partial charge >= 0.3 is 0 Å². The Morgan fingerprint density at radius 2 is 1.96 bits per heavy atom. The molecule has 0 atom stereocenters. The predicted octanol–water partition coefficient (Wildman–Crippen LogP) is 1.72. The summed E-state index contributed by atoms with van der Waals surface area (Å²) < 4.78 is 25.9. The lowest BCUT2D eigenvalue weighted by Gasteiger charge is -2.29. The molecule has 1 saturated heterocycles. The number of sulfonamides is 1. The summed E-state index contributed by atoms with van der Waals surface area (Å²) in [5.74, 6) is 0.710. The third-order valence-corrected chi connectivity index (χ3v) is 6.58. The van der Waals surface area contributed by atoms with Crippen LogP contribution >= 0.6 is 12.4 Å². The van der Waals surface area contributed by atoms with E-state index in [9.17, 15) is 8.42 Å². The van der Waals surface area contributed by atoms with Crippen molar-refractivity contribution in [1.82, 2.24) is 9.62 Å². The maximum atomic E-state index is 12.3. The number of halogens is 1. The van der Waals surface area contributed by atoms with E-state index < -0.39 is 10.0 Å². The Labute approximate surface area is 145 Å². The molecule has 0 unspecified atom stereocenters. The molecule has 1 fully saturated rings. The van der Waals surface area contributed by atoms with Gasteiger partial charge in [0.1, 0.15) is 0 Å². The minimum absolute atomic E-state index is 0. The average Bonchev–Trinajstić information content (AvgIpc) is 2.90. The fourth-order valence-electron chi connectivity index (χ4n) is 3.36. The highest BCUT2D eigenvalue weighted by molar-refractivity contribution is 7.89. The Bertz CT molecular complexity index is 643. The SMILES string of the molecule is CN(C)S(=O)(=O)c1ccc2c(c1)N(CC1CCNCC1)CC2.Cl. The molecule has 2 aliphatic heterocycles. The van der Waals surface area contributed by atoms with Crippen molar-refractivity contribution >= 4 is 28.1 Å². The van der Waals surface area contributed by atoms with E-state index in [2.05, 4.69) is 10.2 Å². The second-order valence-corrected chi connectivity index (χ2v) is 8.62. The van der Waals surface area contributed by atoms with Gasteiger partial charge in [-0.05, 0) is 56.0 Å². The first-order valence-electron chi connectivity index (χ1n) is 7.99. The molecule has 2 aliphatic rings. The Morgan fingerprint density at radius 1 is 1.26 bits per heavy atom. The molecular weight excluding hydrogens is 334 g/mol. The Kier molecular flexibility index (Phi) is 5.94. The van der Waals surface area contributed by atoms with Gasteiger partial charge in [-0.1, -0.05) is 6.07 Å². The topological polar surface area (TPSA) is 52.7 Å². The molecule has 2 heterocycles. The van der Waals surface area contributed by atoms with Crippen LogP contribution < -0.4 is 10.2 Å². The summed E-state index contributed by atoms with van der Waals surface area (Å²) >= 11 is 0. The Morgan fingerprint density at radius 3 is 2.61 bits per heavy atom. The first kappa shape index (κ1) is 18.5. The van der Waals surface area contributed by atoms with Gasteiger partial charge in [0, 0.05) is 32.9 Å². The molecule has 0 spiro atoms. The summed E-state index contributed by atoms with van der Waals surface area (Å²) in [6.07, 6.45) is 3.44. The van der Waals surface area contributed by atoms with Crippen LogP contribution in [0.4, 0.5) is 5.69 Å². The van der Waals surface area contributed by atoms with Gasteiger partial charge in [0.2, 0.25) is 10.0 Å². The van der Waals surface area contributed by atoms with Crippen molar-refractivity contribution in [2.75, 3.05) is 45.2 Å². The van der Waals surface area contributed by atoms with E-state index in [4.69, 9.17) is 0 Å². The van der Waals surface area contributed by atoms with Crippen LogP contribution in [0.5, 0.6) is 0 Å². The van der Waals surface area contributed by atoms with Crippen molar-refractivity contribution in [3.63, 3.8) is 0 Å². The molecule has 0 aromatic heterocycles. The zero-order chi connectivity index (χ0) is 15.7. The second kappa shape index (κ2) is 7.38. The molecule has 7 heteroatoms. The van der Waals surface area contributed by atoms with Gasteiger partial charge in [0.15, 0.2) is 0 Å². The Hall–Kier alpha value is -0.820. The molecule has 0 radical (unpaired) electrons. The molecule has 0 amide bonds. The number of hydrogen-bond acceptors (Lipinski definition) is 4. The number of anilines is 1. The summed E-state index contributed by atoms with van der Waals surface area (Å²) in [4.78, 5) is 2.77. The van der Waals surface area contributed by atoms with E-state index in [0.29, 0.717) is 10.8 Å². The quantitative estimate of drug-likeness (QED) is 0.889. The fraction of sp³-hybridized carbons (Fsp3) is 0.625. The molecule has 5 nitrogen and oxygen atoms in total. The number of benzene rings is 1. The van der Waals surface area contributed by atoms with E-state index in [1.807, 2.05) is 12.1 Å². The summed E-state index contributed by atoms with van der Waals surface area (Å²) in [7, 11) is -0.201. The van der Waals surface area contributed by atoms with E-state index in [1.165, 1.54) is 22.7 Å². The third-order valence-electron chi connectivity index (χ3n) is 4.76. The lowest BCUT2D eigenvalue weighted by atomic mass is 9.97. The van der Waals surface area contributed by atoms with Gasteiger partial charge < -0.3 is 10.2 Å². The number of fused-ring (bicyclic) bond motifs is 1. The number of rotatable bonds is 4. The zero-order valence-electron chi connectivity index (χ0n) is 13.8. The largest absolute Gasteiger partial charge is 0.371 e. The summed E-state index contributed by atoms with van der Waals surface area (Å²) in [6, 6.07) is 5.58. The predicted molar refractivity (Wildman–Crippen MR) is 96.1 cm³/mol. The van der Waals surface area contributed by atoms with Gasteiger partial charge in [0.05, 0.1) is 4.90 Å². The third kappa shape index (κ3) is 3.82. The summed E-state index contributed by atoms with van der Waals surface area (Å²) in [5.41, 5.74) is 2.38. The van der Waals surface area contributed by atoms with Gasteiger partial charge in [-0.2, -0.15) is 0 Å². The molecule has 1 aromatic rings. The van der Waals surface area contributed by atoms with Crippen LogP contribution in [0.25, 0.3) is 0 Å².